The van der Waals surface area contributed by atoms with E-state index < -0.39 is 5.79 Å². The number of esters is 1. The van der Waals surface area contributed by atoms with Crippen LogP contribution in [0.3, 0.4) is 0 Å². The van der Waals surface area contributed by atoms with E-state index in [0.717, 1.165) is 5.56 Å². The van der Waals surface area contributed by atoms with Gasteiger partial charge in [0.15, 0.2) is 5.79 Å². The van der Waals surface area contributed by atoms with Gasteiger partial charge < -0.3 is 14.2 Å². The second-order valence-corrected chi connectivity index (χ2v) is 4.63. The summed E-state index contributed by atoms with van der Waals surface area (Å²) in [7, 11) is 4.60. The standard InChI is InChI=1S/C15H22O4/c1-15(18-3,19-4)11-13(10-14(16)17-2)12-8-6-5-7-9-12/h5-9,13H,10-11H2,1-4H3. The first-order valence-corrected chi connectivity index (χ1v) is 6.26. The van der Waals surface area contributed by atoms with Gasteiger partial charge in [0, 0.05) is 20.6 Å². The summed E-state index contributed by atoms with van der Waals surface area (Å²) < 4.78 is 15.5. The van der Waals surface area contributed by atoms with E-state index in [1.54, 1.807) is 14.2 Å². The summed E-state index contributed by atoms with van der Waals surface area (Å²) in [6.45, 7) is 1.86. The molecule has 4 nitrogen and oxygen atoms in total. The van der Waals surface area contributed by atoms with Crippen LogP contribution >= 0.6 is 0 Å². The van der Waals surface area contributed by atoms with E-state index in [1.807, 2.05) is 37.3 Å². The molecule has 0 aromatic heterocycles. The molecule has 1 unspecified atom stereocenters. The molecule has 0 saturated heterocycles. The van der Waals surface area contributed by atoms with Gasteiger partial charge in [0.25, 0.3) is 0 Å². The zero-order chi connectivity index (χ0) is 14.3. The van der Waals surface area contributed by atoms with Crippen molar-refractivity contribution in [3.63, 3.8) is 0 Å². The zero-order valence-corrected chi connectivity index (χ0v) is 12.0. The highest BCUT2D eigenvalue weighted by Gasteiger charge is 2.30. The largest absolute Gasteiger partial charge is 0.469 e. The maximum absolute atomic E-state index is 11.6. The molecule has 0 N–H and O–H groups in total. The summed E-state index contributed by atoms with van der Waals surface area (Å²) in [5.74, 6) is -0.948. The van der Waals surface area contributed by atoms with Crippen molar-refractivity contribution in [1.29, 1.82) is 0 Å². The van der Waals surface area contributed by atoms with Crippen molar-refractivity contribution in [2.75, 3.05) is 21.3 Å². The second-order valence-electron chi connectivity index (χ2n) is 4.63. The number of hydrogen-bond donors (Lipinski definition) is 0. The molecule has 0 aliphatic heterocycles. The van der Waals surface area contributed by atoms with Crippen molar-refractivity contribution in [2.24, 2.45) is 0 Å². The van der Waals surface area contributed by atoms with Gasteiger partial charge in [0.1, 0.15) is 0 Å². The maximum Gasteiger partial charge on any atom is 0.306 e. The fourth-order valence-corrected chi connectivity index (χ4v) is 2.02. The number of benzene rings is 1. The lowest BCUT2D eigenvalue weighted by molar-refractivity contribution is -0.200. The summed E-state index contributed by atoms with van der Waals surface area (Å²) in [6.07, 6.45) is 0.891. The topological polar surface area (TPSA) is 44.8 Å². The Hall–Kier alpha value is -1.39. The fourth-order valence-electron chi connectivity index (χ4n) is 2.02. The van der Waals surface area contributed by atoms with Crippen LogP contribution in [0.4, 0.5) is 0 Å². The molecule has 0 aliphatic carbocycles. The number of carbonyl (C=O) groups excluding carboxylic acids is 1. The molecule has 0 saturated carbocycles. The highest BCUT2D eigenvalue weighted by atomic mass is 16.7. The van der Waals surface area contributed by atoms with Crippen LogP contribution in [0.2, 0.25) is 0 Å². The van der Waals surface area contributed by atoms with E-state index >= 15 is 0 Å². The molecular weight excluding hydrogens is 244 g/mol. The average molecular weight is 266 g/mol. The second kappa shape index (κ2) is 7.26. The van der Waals surface area contributed by atoms with Crippen LogP contribution in [-0.2, 0) is 19.0 Å². The first-order chi connectivity index (χ1) is 9.04. The molecule has 0 amide bonds. The summed E-state index contributed by atoms with van der Waals surface area (Å²) in [5, 5.41) is 0. The van der Waals surface area contributed by atoms with Crippen molar-refractivity contribution in [2.45, 2.75) is 31.5 Å². The molecule has 0 bridgehead atoms. The third-order valence-corrected chi connectivity index (χ3v) is 3.39. The Kier molecular flexibility index (Phi) is 5.99. The van der Waals surface area contributed by atoms with Crippen LogP contribution in [0.15, 0.2) is 30.3 Å². The molecular formula is C15H22O4. The van der Waals surface area contributed by atoms with Gasteiger partial charge in [-0.25, -0.2) is 0 Å². The summed E-state index contributed by atoms with van der Waals surface area (Å²) >= 11 is 0. The van der Waals surface area contributed by atoms with Crippen LogP contribution in [0, 0.1) is 0 Å². The van der Waals surface area contributed by atoms with Gasteiger partial charge in [-0.3, -0.25) is 4.79 Å². The average Bonchev–Trinajstić information content (AvgIpc) is 2.47. The molecule has 4 heteroatoms. The van der Waals surface area contributed by atoms with Crippen molar-refractivity contribution >= 4 is 5.97 Å². The number of methoxy groups -OCH3 is 3. The lowest BCUT2D eigenvalue weighted by atomic mass is 9.89. The predicted molar refractivity (Wildman–Crippen MR) is 72.9 cm³/mol. The minimum atomic E-state index is -0.714. The normalized spacial score (nSPS) is 13.1. The quantitative estimate of drug-likeness (QED) is 0.562. The molecule has 106 valence electrons. The van der Waals surface area contributed by atoms with Crippen LogP contribution < -0.4 is 0 Å². The van der Waals surface area contributed by atoms with Crippen LogP contribution in [0.1, 0.15) is 31.2 Å². The van der Waals surface area contributed by atoms with Gasteiger partial charge in [-0.15, -0.1) is 0 Å². The van der Waals surface area contributed by atoms with Gasteiger partial charge >= 0.3 is 5.97 Å². The van der Waals surface area contributed by atoms with Crippen molar-refractivity contribution in [3.8, 4) is 0 Å². The molecule has 0 fully saturated rings. The molecule has 0 spiro atoms. The molecule has 0 aliphatic rings. The van der Waals surface area contributed by atoms with Crippen LogP contribution in [0.5, 0.6) is 0 Å². The minimum Gasteiger partial charge on any atom is -0.469 e. The van der Waals surface area contributed by atoms with Crippen LogP contribution in [0.25, 0.3) is 0 Å². The third kappa shape index (κ3) is 4.65. The Morgan fingerprint density at radius 3 is 2.21 bits per heavy atom. The van der Waals surface area contributed by atoms with E-state index in [4.69, 9.17) is 14.2 Å². The van der Waals surface area contributed by atoms with Gasteiger partial charge in [-0.05, 0) is 18.4 Å². The van der Waals surface area contributed by atoms with Gasteiger partial charge in [0.2, 0.25) is 0 Å². The van der Waals surface area contributed by atoms with E-state index in [9.17, 15) is 4.79 Å². The Morgan fingerprint density at radius 2 is 1.74 bits per heavy atom. The molecule has 1 atom stereocenters. The number of hydrogen-bond acceptors (Lipinski definition) is 4. The Balaban J connectivity index is 2.90. The lowest BCUT2D eigenvalue weighted by Crippen LogP contribution is -2.32. The Bertz CT molecular complexity index is 384. The van der Waals surface area contributed by atoms with Crippen molar-refractivity contribution < 1.29 is 19.0 Å². The predicted octanol–water partition coefficient (Wildman–Crippen LogP) is 2.73. The van der Waals surface area contributed by atoms with E-state index in [1.165, 1.54) is 7.11 Å². The number of ether oxygens (including phenoxy) is 3. The summed E-state index contributed by atoms with van der Waals surface area (Å²) in [6, 6.07) is 9.86. The highest BCUT2D eigenvalue weighted by molar-refractivity contribution is 5.70. The number of carbonyl (C=O) groups is 1. The summed E-state index contributed by atoms with van der Waals surface area (Å²) in [5.41, 5.74) is 1.08. The fraction of sp³-hybridized carbons (Fsp3) is 0.533. The third-order valence-electron chi connectivity index (χ3n) is 3.39. The lowest BCUT2D eigenvalue weighted by Gasteiger charge is -2.30. The minimum absolute atomic E-state index is 0.00134. The van der Waals surface area contributed by atoms with Gasteiger partial charge in [0.05, 0.1) is 13.5 Å². The summed E-state index contributed by atoms with van der Waals surface area (Å²) in [4.78, 5) is 11.6. The van der Waals surface area contributed by atoms with E-state index in [0.29, 0.717) is 12.8 Å². The van der Waals surface area contributed by atoms with Gasteiger partial charge in [-0.2, -0.15) is 0 Å². The zero-order valence-electron chi connectivity index (χ0n) is 12.0. The van der Waals surface area contributed by atoms with E-state index in [-0.39, 0.29) is 11.9 Å². The first kappa shape index (κ1) is 15.7. The highest BCUT2D eigenvalue weighted by Crippen LogP contribution is 2.31. The van der Waals surface area contributed by atoms with Gasteiger partial charge in [-0.1, -0.05) is 30.3 Å². The number of rotatable bonds is 7. The monoisotopic (exact) mass is 266 g/mol. The van der Waals surface area contributed by atoms with Crippen molar-refractivity contribution in [3.05, 3.63) is 35.9 Å². The molecule has 1 aromatic carbocycles. The molecule has 0 heterocycles. The Labute approximate surface area is 114 Å². The SMILES string of the molecule is COC(=O)CC(CC(C)(OC)OC)c1ccccc1. The van der Waals surface area contributed by atoms with Crippen LogP contribution in [-0.4, -0.2) is 33.1 Å². The van der Waals surface area contributed by atoms with Crippen molar-refractivity contribution in [1.82, 2.24) is 0 Å². The maximum atomic E-state index is 11.6. The molecule has 19 heavy (non-hydrogen) atoms. The van der Waals surface area contributed by atoms with E-state index in [2.05, 4.69) is 0 Å². The Morgan fingerprint density at radius 1 is 1.16 bits per heavy atom. The molecule has 1 aromatic rings. The molecule has 0 radical (unpaired) electrons. The smallest absolute Gasteiger partial charge is 0.306 e. The molecule has 1 rings (SSSR count). The first-order valence-electron chi connectivity index (χ1n) is 6.26.